The van der Waals surface area contributed by atoms with Crippen molar-refractivity contribution >= 4 is 29.3 Å². The van der Waals surface area contributed by atoms with E-state index in [-0.39, 0.29) is 11.9 Å². The van der Waals surface area contributed by atoms with Crippen LogP contribution >= 0.6 is 11.8 Å². The van der Waals surface area contributed by atoms with Crippen LogP contribution in [0.25, 0.3) is 0 Å². The highest BCUT2D eigenvalue weighted by Crippen LogP contribution is 2.32. The topological polar surface area (TPSA) is 55.4 Å². The molecule has 2 aromatic rings. The maximum Gasteiger partial charge on any atom is 0.338 e. The van der Waals surface area contributed by atoms with E-state index in [0.717, 1.165) is 18.6 Å². The van der Waals surface area contributed by atoms with Gasteiger partial charge in [0.1, 0.15) is 0 Å². The van der Waals surface area contributed by atoms with E-state index in [2.05, 4.69) is 18.3 Å². The summed E-state index contributed by atoms with van der Waals surface area (Å²) in [7, 11) is 0. The summed E-state index contributed by atoms with van der Waals surface area (Å²) in [5.74, 6) is 1.33. The fourth-order valence-corrected chi connectivity index (χ4v) is 4.02. The molecule has 0 spiro atoms. The first-order valence-electron chi connectivity index (χ1n) is 8.91. The third kappa shape index (κ3) is 4.47. The number of aryl methyl sites for hydroxylation is 1. The Morgan fingerprint density at radius 3 is 2.62 bits per heavy atom. The second kappa shape index (κ2) is 8.41. The Hall–Kier alpha value is -2.27. The average Bonchev–Trinajstić information content (AvgIpc) is 2.84. The molecule has 5 heteroatoms. The summed E-state index contributed by atoms with van der Waals surface area (Å²) in [5.41, 5.74) is 3.04. The van der Waals surface area contributed by atoms with Gasteiger partial charge in [-0.2, -0.15) is 0 Å². The van der Waals surface area contributed by atoms with Crippen molar-refractivity contribution in [2.75, 3.05) is 17.7 Å². The zero-order valence-electron chi connectivity index (χ0n) is 15.1. The summed E-state index contributed by atoms with van der Waals surface area (Å²) in [6.07, 6.45) is 2.17. The molecule has 0 saturated carbocycles. The van der Waals surface area contributed by atoms with Crippen LogP contribution in [0.1, 0.15) is 46.5 Å². The summed E-state index contributed by atoms with van der Waals surface area (Å²) in [4.78, 5) is 25.5. The number of hydrogen-bond donors (Lipinski definition) is 1. The van der Waals surface area contributed by atoms with Gasteiger partial charge in [0.25, 0.3) is 5.91 Å². The van der Waals surface area contributed by atoms with E-state index in [1.54, 1.807) is 31.2 Å². The monoisotopic (exact) mass is 369 g/mol. The lowest BCUT2D eigenvalue weighted by Gasteiger charge is -2.10. The fraction of sp³-hybridized carbons (Fsp3) is 0.333. The van der Waals surface area contributed by atoms with E-state index in [1.165, 1.54) is 10.5 Å². The molecule has 26 heavy (non-hydrogen) atoms. The molecule has 1 N–H and O–H groups in total. The lowest BCUT2D eigenvalue weighted by Crippen LogP contribution is -2.12. The third-order valence-corrected chi connectivity index (χ3v) is 5.85. The van der Waals surface area contributed by atoms with Gasteiger partial charge in [-0.15, -0.1) is 11.8 Å². The third-order valence-electron chi connectivity index (χ3n) is 4.41. The number of carbonyl (C=O) groups is 2. The number of amides is 1. The van der Waals surface area contributed by atoms with E-state index in [4.69, 9.17) is 4.74 Å². The molecular weight excluding hydrogens is 346 g/mol. The Balaban J connectivity index is 1.69. The molecule has 4 nitrogen and oxygen atoms in total. The van der Waals surface area contributed by atoms with Gasteiger partial charge in [-0.05, 0) is 73.7 Å². The number of rotatable bonds is 4. The molecule has 0 saturated heterocycles. The minimum atomic E-state index is -0.358. The first-order valence-corrected chi connectivity index (χ1v) is 9.89. The molecule has 1 heterocycles. The average molecular weight is 369 g/mol. The van der Waals surface area contributed by atoms with E-state index in [1.807, 2.05) is 23.9 Å². The molecule has 0 aromatic heterocycles. The maximum absolute atomic E-state index is 12.6. The predicted octanol–water partition coefficient (Wildman–Crippen LogP) is 4.79. The van der Waals surface area contributed by atoms with Gasteiger partial charge in [0, 0.05) is 21.9 Å². The van der Waals surface area contributed by atoms with Gasteiger partial charge in [-0.25, -0.2) is 4.79 Å². The molecule has 0 radical (unpaired) electrons. The molecule has 1 aliphatic heterocycles. The number of ether oxygens (including phenoxy) is 1. The van der Waals surface area contributed by atoms with Gasteiger partial charge in [-0.3, -0.25) is 4.79 Å². The Morgan fingerprint density at radius 2 is 1.88 bits per heavy atom. The van der Waals surface area contributed by atoms with Gasteiger partial charge in [-0.1, -0.05) is 6.92 Å². The number of benzene rings is 2. The highest BCUT2D eigenvalue weighted by atomic mass is 32.2. The van der Waals surface area contributed by atoms with Gasteiger partial charge in [0.2, 0.25) is 0 Å². The number of thioether (sulfide) groups is 1. The molecule has 1 atom stereocenters. The molecule has 0 aliphatic carbocycles. The summed E-state index contributed by atoms with van der Waals surface area (Å²) in [6, 6.07) is 12.7. The Bertz CT molecular complexity index is 801. The van der Waals surface area contributed by atoms with Gasteiger partial charge in [0.05, 0.1) is 12.2 Å². The smallest absolute Gasteiger partial charge is 0.338 e. The number of fused-ring (bicyclic) bond motifs is 1. The van der Waals surface area contributed by atoms with E-state index in [9.17, 15) is 9.59 Å². The number of hydrogen-bond acceptors (Lipinski definition) is 4. The lowest BCUT2D eigenvalue weighted by molar-refractivity contribution is 0.0526. The van der Waals surface area contributed by atoms with E-state index < -0.39 is 0 Å². The number of anilines is 1. The molecule has 0 fully saturated rings. The predicted molar refractivity (Wildman–Crippen MR) is 105 cm³/mol. The van der Waals surface area contributed by atoms with Crippen molar-refractivity contribution < 1.29 is 14.3 Å². The zero-order valence-corrected chi connectivity index (χ0v) is 15.9. The molecule has 2 aromatic carbocycles. The summed E-state index contributed by atoms with van der Waals surface area (Å²) in [6.45, 7) is 4.38. The van der Waals surface area contributed by atoms with Crippen LogP contribution in [0.2, 0.25) is 0 Å². The largest absolute Gasteiger partial charge is 0.462 e. The van der Waals surface area contributed by atoms with Gasteiger partial charge in [0.15, 0.2) is 0 Å². The van der Waals surface area contributed by atoms with Crippen molar-refractivity contribution in [1.82, 2.24) is 0 Å². The van der Waals surface area contributed by atoms with Crippen molar-refractivity contribution in [1.29, 1.82) is 0 Å². The minimum absolute atomic E-state index is 0.140. The number of esters is 1. The summed E-state index contributed by atoms with van der Waals surface area (Å²) < 4.78 is 4.96. The van der Waals surface area contributed by atoms with Crippen molar-refractivity contribution in [3.63, 3.8) is 0 Å². The van der Waals surface area contributed by atoms with Crippen LogP contribution < -0.4 is 5.32 Å². The van der Waals surface area contributed by atoms with Crippen molar-refractivity contribution in [3.8, 4) is 0 Å². The highest BCUT2D eigenvalue weighted by Gasteiger charge is 2.16. The Kier molecular flexibility index (Phi) is 5.99. The number of carbonyl (C=O) groups excluding carboxylic acids is 2. The maximum atomic E-state index is 12.6. The summed E-state index contributed by atoms with van der Waals surface area (Å²) >= 11 is 1.87. The molecule has 0 bridgehead atoms. The van der Waals surface area contributed by atoms with Crippen LogP contribution in [-0.4, -0.2) is 24.2 Å². The van der Waals surface area contributed by atoms with Crippen molar-refractivity contribution in [3.05, 3.63) is 59.2 Å². The SMILES string of the molecule is CCOC(=O)c1ccc(NC(=O)c2ccc3c(c2)CCC(C)CS3)cc1. The summed E-state index contributed by atoms with van der Waals surface area (Å²) in [5, 5.41) is 2.89. The van der Waals surface area contributed by atoms with Crippen molar-refractivity contribution in [2.24, 2.45) is 5.92 Å². The van der Waals surface area contributed by atoms with Crippen molar-refractivity contribution in [2.45, 2.75) is 31.6 Å². The molecule has 3 rings (SSSR count). The van der Waals surface area contributed by atoms with Crippen LogP contribution in [0.15, 0.2) is 47.4 Å². The lowest BCUT2D eigenvalue weighted by atomic mass is 10.0. The van der Waals surface area contributed by atoms with Gasteiger partial charge >= 0.3 is 5.97 Å². The molecular formula is C21H23NO3S. The minimum Gasteiger partial charge on any atom is -0.462 e. The first-order chi connectivity index (χ1) is 12.6. The Morgan fingerprint density at radius 1 is 1.15 bits per heavy atom. The van der Waals surface area contributed by atoms with E-state index in [0.29, 0.717) is 29.3 Å². The quantitative estimate of drug-likeness (QED) is 0.787. The molecule has 1 aliphatic rings. The van der Waals surface area contributed by atoms with Crippen LogP contribution in [0, 0.1) is 5.92 Å². The number of nitrogens with one attached hydrogen (secondary N) is 1. The van der Waals surface area contributed by atoms with Crippen LogP contribution in [0.5, 0.6) is 0 Å². The molecule has 1 unspecified atom stereocenters. The fourth-order valence-electron chi connectivity index (χ4n) is 2.88. The zero-order chi connectivity index (χ0) is 18.5. The molecule has 1 amide bonds. The second-order valence-electron chi connectivity index (χ2n) is 6.53. The molecule has 136 valence electrons. The van der Waals surface area contributed by atoms with Gasteiger partial charge < -0.3 is 10.1 Å². The highest BCUT2D eigenvalue weighted by molar-refractivity contribution is 7.99. The normalized spacial score (nSPS) is 16.3. The Labute approximate surface area is 158 Å². The standard InChI is InChI=1S/C21H23NO3S/c1-3-25-21(24)15-6-9-18(10-7-15)22-20(23)17-8-11-19-16(12-17)5-4-14(2)13-26-19/h6-12,14H,3-5,13H2,1-2H3,(H,22,23). The van der Waals surface area contributed by atoms with Crippen LogP contribution in [0.4, 0.5) is 5.69 Å². The van der Waals surface area contributed by atoms with E-state index >= 15 is 0 Å². The van der Waals surface area contributed by atoms with Crippen LogP contribution in [0.3, 0.4) is 0 Å². The second-order valence-corrected chi connectivity index (χ2v) is 7.59. The van der Waals surface area contributed by atoms with Crippen LogP contribution in [-0.2, 0) is 11.2 Å². The first kappa shape index (κ1) is 18.5.